The van der Waals surface area contributed by atoms with Crippen LogP contribution in [0.3, 0.4) is 0 Å². The van der Waals surface area contributed by atoms with Gasteiger partial charge in [-0.2, -0.15) is 0 Å². The summed E-state index contributed by atoms with van der Waals surface area (Å²) in [5, 5.41) is 4.27. The quantitative estimate of drug-likeness (QED) is 0.293. The van der Waals surface area contributed by atoms with E-state index in [1.54, 1.807) is 5.57 Å². The van der Waals surface area contributed by atoms with Gasteiger partial charge in [0.15, 0.2) is 11.5 Å². The van der Waals surface area contributed by atoms with Crippen molar-refractivity contribution in [2.24, 2.45) is 0 Å². The normalized spacial score (nSPS) is 13.8. The van der Waals surface area contributed by atoms with Crippen LogP contribution in [0.1, 0.15) is 50.2 Å². The molecule has 2 aromatic carbocycles. The molecular formula is C24H29BrClNO2. The maximum absolute atomic E-state index is 6.07. The van der Waals surface area contributed by atoms with Crippen LogP contribution in [0.5, 0.6) is 11.5 Å². The number of ether oxygens (including phenoxy) is 2. The zero-order chi connectivity index (χ0) is 20.5. The van der Waals surface area contributed by atoms with Gasteiger partial charge >= 0.3 is 0 Å². The van der Waals surface area contributed by atoms with Crippen molar-refractivity contribution in [3.05, 3.63) is 68.7 Å². The van der Waals surface area contributed by atoms with E-state index in [9.17, 15) is 0 Å². The van der Waals surface area contributed by atoms with Crippen molar-refractivity contribution in [1.29, 1.82) is 0 Å². The predicted molar refractivity (Wildman–Crippen MR) is 124 cm³/mol. The number of hydrogen-bond donors (Lipinski definition) is 1. The average Bonchev–Trinajstić information content (AvgIpc) is 2.73. The topological polar surface area (TPSA) is 30.5 Å². The first kappa shape index (κ1) is 22.2. The van der Waals surface area contributed by atoms with Crippen LogP contribution in [-0.4, -0.2) is 13.2 Å². The number of hydrogen-bond acceptors (Lipinski definition) is 3. The summed E-state index contributed by atoms with van der Waals surface area (Å²) in [7, 11) is 0. The highest BCUT2D eigenvalue weighted by Gasteiger charge is 2.12. The Bertz CT molecular complexity index is 838. The van der Waals surface area contributed by atoms with Gasteiger partial charge in [0.05, 0.1) is 6.61 Å². The minimum absolute atomic E-state index is 0.444. The molecule has 0 spiro atoms. The van der Waals surface area contributed by atoms with Crippen LogP contribution in [0, 0.1) is 0 Å². The average molecular weight is 479 g/mol. The third-order valence-electron chi connectivity index (χ3n) is 5.02. The van der Waals surface area contributed by atoms with Crippen molar-refractivity contribution in [1.82, 2.24) is 5.32 Å². The Morgan fingerprint density at radius 1 is 1.10 bits per heavy atom. The van der Waals surface area contributed by atoms with Gasteiger partial charge in [-0.05, 0) is 81.0 Å². The molecule has 0 heterocycles. The minimum atomic E-state index is 0.444. The molecular weight excluding hydrogens is 450 g/mol. The maximum atomic E-state index is 6.07. The second kappa shape index (κ2) is 11.6. The third-order valence-corrected chi connectivity index (χ3v) is 5.99. The number of allylic oxidation sites excluding steroid dienone is 1. The first-order valence-electron chi connectivity index (χ1n) is 10.4. The summed E-state index contributed by atoms with van der Waals surface area (Å²) < 4.78 is 12.9. The Labute approximate surface area is 187 Å². The second-order valence-corrected chi connectivity index (χ2v) is 8.57. The molecule has 0 fully saturated rings. The van der Waals surface area contributed by atoms with Crippen LogP contribution in [-0.2, 0) is 13.2 Å². The molecule has 2 aromatic rings. The third kappa shape index (κ3) is 7.06. The Hall–Kier alpha value is -1.49. The van der Waals surface area contributed by atoms with Crippen LogP contribution >= 0.6 is 27.5 Å². The van der Waals surface area contributed by atoms with Crippen LogP contribution in [0.4, 0.5) is 0 Å². The van der Waals surface area contributed by atoms with Crippen molar-refractivity contribution in [3.8, 4) is 11.5 Å². The smallest absolute Gasteiger partial charge is 0.162 e. The van der Waals surface area contributed by atoms with Crippen molar-refractivity contribution >= 4 is 27.5 Å². The Morgan fingerprint density at radius 2 is 1.97 bits per heavy atom. The lowest BCUT2D eigenvalue weighted by Crippen LogP contribution is -2.16. The lowest BCUT2D eigenvalue weighted by molar-refractivity contribution is 0.269. The molecule has 0 bridgehead atoms. The second-order valence-electron chi connectivity index (χ2n) is 7.28. The molecule has 5 heteroatoms. The fourth-order valence-electron chi connectivity index (χ4n) is 3.49. The van der Waals surface area contributed by atoms with E-state index in [4.69, 9.17) is 21.1 Å². The highest BCUT2D eigenvalue weighted by Crippen LogP contribution is 2.34. The van der Waals surface area contributed by atoms with Gasteiger partial charge in [0.25, 0.3) is 0 Å². The fraction of sp³-hybridized carbons (Fsp3) is 0.417. The van der Waals surface area contributed by atoms with E-state index >= 15 is 0 Å². The highest BCUT2D eigenvalue weighted by atomic mass is 79.9. The van der Waals surface area contributed by atoms with Gasteiger partial charge in [0.1, 0.15) is 6.61 Å². The molecule has 3 nitrogen and oxygen atoms in total. The zero-order valence-electron chi connectivity index (χ0n) is 17.0. The van der Waals surface area contributed by atoms with E-state index in [-0.39, 0.29) is 0 Å². The minimum Gasteiger partial charge on any atom is -0.490 e. The summed E-state index contributed by atoms with van der Waals surface area (Å²) in [4.78, 5) is 0. The summed E-state index contributed by atoms with van der Waals surface area (Å²) in [6, 6.07) is 11.8. The molecule has 1 aliphatic rings. The first-order chi connectivity index (χ1) is 14.2. The molecule has 29 heavy (non-hydrogen) atoms. The summed E-state index contributed by atoms with van der Waals surface area (Å²) in [6.07, 6.45) is 8.74. The van der Waals surface area contributed by atoms with Gasteiger partial charge in [-0.3, -0.25) is 0 Å². The molecule has 156 valence electrons. The van der Waals surface area contributed by atoms with E-state index in [1.807, 2.05) is 37.3 Å². The van der Waals surface area contributed by atoms with Gasteiger partial charge in [0, 0.05) is 16.0 Å². The lowest BCUT2D eigenvalue weighted by atomic mass is 9.97. The molecule has 0 aromatic heterocycles. The highest BCUT2D eigenvalue weighted by molar-refractivity contribution is 9.10. The standard InChI is InChI=1S/C24H29BrClNO2/c1-2-28-23-14-20(16-27-12-11-18-7-4-3-5-8-18)22(25)15-24(23)29-17-19-9-6-10-21(26)13-19/h6-7,9-10,13-15,27H,2-5,8,11-12,16-17H2,1H3. The van der Waals surface area contributed by atoms with Crippen molar-refractivity contribution in [3.63, 3.8) is 0 Å². The van der Waals surface area contributed by atoms with Gasteiger partial charge in [-0.15, -0.1) is 0 Å². The Balaban J connectivity index is 1.59. The molecule has 0 radical (unpaired) electrons. The fourth-order valence-corrected chi connectivity index (χ4v) is 4.16. The van der Waals surface area contributed by atoms with Crippen molar-refractivity contribution in [2.45, 2.75) is 52.2 Å². The Morgan fingerprint density at radius 3 is 2.72 bits per heavy atom. The van der Waals surface area contributed by atoms with Crippen LogP contribution in [0.15, 0.2) is 52.5 Å². The Kier molecular flexibility index (Phi) is 8.91. The van der Waals surface area contributed by atoms with E-state index < -0.39 is 0 Å². The number of benzene rings is 2. The predicted octanol–water partition coefficient (Wildman–Crippen LogP) is 7.06. The van der Waals surface area contributed by atoms with Crippen LogP contribution in [0.2, 0.25) is 5.02 Å². The summed E-state index contributed by atoms with van der Waals surface area (Å²) in [5.41, 5.74) is 3.79. The van der Waals surface area contributed by atoms with Crippen molar-refractivity contribution in [2.75, 3.05) is 13.2 Å². The van der Waals surface area contributed by atoms with Gasteiger partial charge < -0.3 is 14.8 Å². The van der Waals surface area contributed by atoms with E-state index in [2.05, 4.69) is 33.4 Å². The molecule has 0 unspecified atom stereocenters. The van der Waals surface area contributed by atoms with Crippen LogP contribution in [0.25, 0.3) is 0 Å². The molecule has 0 atom stereocenters. The monoisotopic (exact) mass is 477 g/mol. The molecule has 1 aliphatic carbocycles. The van der Waals surface area contributed by atoms with Crippen molar-refractivity contribution < 1.29 is 9.47 Å². The maximum Gasteiger partial charge on any atom is 0.162 e. The molecule has 0 amide bonds. The molecule has 0 aliphatic heterocycles. The number of nitrogens with one attached hydrogen (secondary N) is 1. The van der Waals surface area contributed by atoms with Crippen LogP contribution < -0.4 is 14.8 Å². The zero-order valence-corrected chi connectivity index (χ0v) is 19.3. The van der Waals surface area contributed by atoms with Gasteiger partial charge in [0.2, 0.25) is 0 Å². The number of rotatable bonds is 10. The SMILES string of the molecule is CCOc1cc(CNCCC2=CCCCC2)c(Br)cc1OCc1cccc(Cl)c1. The lowest BCUT2D eigenvalue weighted by Gasteiger charge is -2.16. The molecule has 1 N–H and O–H groups in total. The number of halogens is 2. The van der Waals surface area contributed by atoms with Gasteiger partial charge in [-0.25, -0.2) is 0 Å². The largest absolute Gasteiger partial charge is 0.490 e. The van der Waals surface area contributed by atoms with E-state index in [1.165, 1.54) is 31.2 Å². The van der Waals surface area contributed by atoms with E-state index in [0.717, 1.165) is 41.0 Å². The summed E-state index contributed by atoms with van der Waals surface area (Å²) in [6.45, 7) is 4.81. The summed E-state index contributed by atoms with van der Waals surface area (Å²) in [5.74, 6) is 1.50. The first-order valence-corrected chi connectivity index (χ1v) is 11.5. The van der Waals surface area contributed by atoms with E-state index in [0.29, 0.717) is 18.2 Å². The molecule has 0 saturated heterocycles. The summed E-state index contributed by atoms with van der Waals surface area (Å²) >= 11 is 9.76. The molecule has 0 saturated carbocycles. The molecule has 3 rings (SSSR count). The van der Waals surface area contributed by atoms with Gasteiger partial charge in [-0.1, -0.05) is 51.3 Å².